The molecule has 0 spiro atoms. The first kappa shape index (κ1) is 10.2. The van der Waals surface area contributed by atoms with Crippen LogP contribution < -0.4 is 5.73 Å². The van der Waals surface area contributed by atoms with Crippen molar-refractivity contribution in [2.45, 2.75) is 26.0 Å². The van der Waals surface area contributed by atoms with Gasteiger partial charge in [0.2, 0.25) is 0 Å². The normalized spacial score (nSPS) is 13.2. The lowest BCUT2D eigenvalue weighted by atomic mass is 10.2. The smallest absolute Gasteiger partial charge is 0.111 e. The fourth-order valence-corrected chi connectivity index (χ4v) is 1.36. The van der Waals surface area contributed by atoms with Crippen molar-refractivity contribution in [3.05, 3.63) is 18.2 Å². The Kier molecular flexibility index (Phi) is 3.92. The summed E-state index contributed by atoms with van der Waals surface area (Å²) in [5, 5.41) is 0. The summed E-state index contributed by atoms with van der Waals surface area (Å²) >= 11 is 0. The minimum atomic E-state index is -0.0333. The van der Waals surface area contributed by atoms with Gasteiger partial charge in [-0.2, -0.15) is 0 Å². The zero-order chi connectivity index (χ0) is 9.68. The van der Waals surface area contributed by atoms with Crippen LogP contribution in [-0.4, -0.2) is 23.2 Å². The Balaban J connectivity index is 2.78. The predicted octanol–water partition coefficient (Wildman–Crippen LogP) is 0.939. The maximum Gasteiger partial charge on any atom is 0.111 e. The van der Waals surface area contributed by atoms with Gasteiger partial charge in [-0.3, -0.25) is 0 Å². The van der Waals surface area contributed by atoms with Crippen LogP contribution in [0.2, 0.25) is 0 Å². The molecule has 2 N–H and O–H groups in total. The number of aryl methyl sites for hydroxylation is 1. The number of rotatable bonds is 5. The Morgan fingerprint density at radius 1 is 1.69 bits per heavy atom. The first-order valence-corrected chi connectivity index (χ1v) is 4.56. The molecule has 74 valence electrons. The highest BCUT2D eigenvalue weighted by Crippen LogP contribution is 2.14. The summed E-state index contributed by atoms with van der Waals surface area (Å²) in [7, 11) is 1.67. The van der Waals surface area contributed by atoms with E-state index in [0.29, 0.717) is 6.54 Å². The summed E-state index contributed by atoms with van der Waals surface area (Å²) in [4.78, 5) is 4.08. The molecule has 0 aliphatic heterocycles. The molecule has 0 saturated carbocycles. The van der Waals surface area contributed by atoms with Crippen molar-refractivity contribution in [3.63, 3.8) is 0 Å². The van der Waals surface area contributed by atoms with Gasteiger partial charge in [0.1, 0.15) is 6.10 Å². The van der Waals surface area contributed by atoms with Crippen LogP contribution >= 0.6 is 0 Å². The molecule has 1 aromatic heterocycles. The third-order valence-electron chi connectivity index (χ3n) is 2.04. The standard InChI is InChI=1S/C9H17N3O/c1-3-4-12-7-11-6-8(12)9(5-10)13-2/h6-7,9H,3-5,10H2,1-2H3. The van der Waals surface area contributed by atoms with E-state index in [1.807, 2.05) is 12.5 Å². The summed E-state index contributed by atoms with van der Waals surface area (Å²) in [5.74, 6) is 0. The largest absolute Gasteiger partial charge is 0.374 e. The van der Waals surface area contributed by atoms with Crippen LogP contribution in [0.1, 0.15) is 25.1 Å². The van der Waals surface area contributed by atoms with E-state index >= 15 is 0 Å². The minimum absolute atomic E-state index is 0.0333. The Morgan fingerprint density at radius 3 is 3.00 bits per heavy atom. The molecule has 4 heteroatoms. The van der Waals surface area contributed by atoms with Gasteiger partial charge < -0.3 is 15.0 Å². The number of methoxy groups -OCH3 is 1. The molecule has 0 bridgehead atoms. The van der Waals surface area contributed by atoms with Crippen molar-refractivity contribution in [1.29, 1.82) is 0 Å². The third-order valence-corrected chi connectivity index (χ3v) is 2.04. The van der Waals surface area contributed by atoms with Gasteiger partial charge in [-0.05, 0) is 6.42 Å². The number of hydrogen-bond donors (Lipinski definition) is 1. The second-order valence-electron chi connectivity index (χ2n) is 2.97. The number of ether oxygens (including phenoxy) is 1. The van der Waals surface area contributed by atoms with Gasteiger partial charge in [0, 0.05) is 20.2 Å². The Hall–Kier alpha value is -0.870. The van der Waals surface area contributed by atoms with Crippen molar-refractivity contribution in [2.24, 2.45) is 5.73 Å². The molecule has 1 unspecified atom stereocenters. The van der Waals surface area contributed by atoms with Crippen molar-refractivity contribution < 1.29 is 4.74 Å². The Labute approximate surface area is 78.7 Å². The van der Waals surface area contributed by atoms with E-state index in [1.54, 1.807) is 7.11 Å². The fourth-order valence-electron chi connectivity index (χ4n) is 1.36. The van der Waals surface area contributed by atoms with E-state index in [9.17, 15) is 0 Å². The molecule has 0 aliphatic carbocycles. The van der Waals surface area contributed by atoms with Gasteiger partial charge in [0.25, 0.3) is 0 Å². The van der Waals surface area contributed by atoms with E-state index in [0.717, 1.165) is 18.7 Å². The molecule has 1 heterocycles. The molecule has 13 heavy (non-hydrogen) atoms. The first-order valence-electron chi connectivity index (χ1n) is 4.56. The molecular weight excluding hydrogens is 166 g/mol. The SMILES string of the molecule is CCCn1cncc1C(CN)OC. The van der Waals surface area contributed by atoms with Gasteiger partial charge in [-0.15, -0.1) is 0 Å². The van der Waals surface area contributed by atoms with Gasteiger partial charge in [0.05, 0.1) is 18.2 Å². The fraction of sp³-hybridized carbons (Fsp3) is 0.667. The number of imidazole rings is 1. The average molecular weight is 183 g/mol. The molecule has 0 aromatic carbocycles. The van der Waals surface area contributed by atoms with E-state index in [1.165, 1.54) is 0 Å². The van der Waals surface area contributed by atoms with Crippen LogP contribution in [0.15, 0.2) is 12.5 Å². The van der Waals surface area contributed by atoms with Gasteiger partial charge in [-0.25, -0.2) is 4.98 Å². The van der Waals surface area contributed by atoms with Crippen molar-refractivity contribution in [1.82, 2.24) is 9.55 Å². The summed E-state index contributed by atoms with van der Waals surface area (Å²) in [6.07, 6.45) is 4.69. The Morgan fingerprint density at radius 2 is 2.46 bits per heavy atom. The van der Waals surface area contributed by atoms with Gasteiger partial charge in [0.15, 0.2) is 0 Å². The number of nitrogens with zero attached hydrogens (tertiary/aromatic N) is 2. The molecule has 0 aliphatic rings. The molecule has 1 atom stereocenters. The highest BCUT2D eigenvalue weighted by atomic mass is 16.5. The number of aromatic nitrogens is 2. The van der Waals surface area contributed by atoms with Crippen molar-refractivity contribution in [3.8, 4) is 0 Å². The van der Waals surface area contributed by atoms with Crippen molar-refractivity contribution in [2.75, 3.05) is 13.7 Å². The lowest BCUT2D eigenvalue weighted by Crippen LogP contribution is -2.17. The van der Waals surface area contributed by atoms with Crippen LogP contribution in [0.4, 0.5) is 0 Å². The summed E-state index contributed by atoms with van der Waals surface area (Å²) in [6.45, 7) is 3.59. The van der Waals surface area contributed by atoms with Gasteiger partial charge >= 0.3 is 0 Å². The quantitative estimate of drug-likeness (QED) is 0.739. The van der Waals surface area contributed by atoms with Crippen LogP contribution in [0, 0.1) is 0 Å². The van der Waals surface area contributed by atoms with E-state index in [-0.39, 0.29) is 6.10 Å². The molecule has 1 rings (SSSR count). The number of hydrogen-bond acceptors (Lipinski definition) is 3. The van der Waals surface area contributed by atoms with Crippen LogP contribution in [0.5, 0.6) is 0 Å². The lowest BCUT2D eigenvalue weighted by Gasteiger charge is -2.14. The maximum absolute atomic E-state index is 5.57. The van der Waals surface area contributed by atoms with E-state index in [2.05, 4.69) is 16.5 Å². The Bertz CT molecular complexity index is 243. The molecule has 1 aromatic rings. The van der Waals surface area contributed by atoms with Crippen LogP contribution in [0.25, 0.3) is 0 Å². The highest BCUT2D eigenvalue weighted by Gasteiger charge is 2.12. The predicted molar refractivity (Wildman–Crippen MR) is 51.3 cm³/mol. The summed E-state index contributed by atoms with van der Waals surface area (Å²) < 4.78 is 7.33. The second-order valence-corrected chi connectivity index (χ2v) is 2.97. The zero-order valence-electron chi connectivity index (χ0n) is 8.23. The number of nitrogens with two attached hydrogens (primary N) is 1. The monoisotopic (exact) mass is 183 g/mol. The van der Waals surface area contributed by atoms with E-state index in [4.69, 9.17) is 10.5 Å². The van der Waals surface area contributed by atoms with Crippen LogP contribution in [-0.2, 0) is 11.3 Å². The van der Waals surface area contributed by atoms with Crippen LogP contribution in [0.3, 0.4) is 0 Å². The lowest BCUT2D eigenvalue weighted by molar-refractivity contribution is 0.103. The average Bonchev–Trinajstić information content (AvgIpc) is 2.57. The molecule has 0 radical (unpaired) electrons. The van der Waals surface area contributed by atoms with Gasteiger partial charge in [-0.1, -0.05) is 6.92 Å². The first-order chi connectivity index (χ1) is 6.33. The molecule has 0 fully saturated rings. The third kappa shape index (κ3) is 2.29. The zero-order valence-corrected chi connectivity index (χ0v) is 8.23. The molecule has 4 nitrogen and oxygen atoms in total. The summed E-state index contributed by atoms with van der Waals surface area (Å²) in [6, 6.07) is 0. The minimum Gasteiger partial charge on any atom is -0.374 e. The molecule has 0 amide bonds. The van der Waals surface area contributed by atoms with E-state index < -0.39 is 0 Å². The summed E-state index contributed by atoms with van der Waals surface area (Å²) in [5.41, 5.74) is 6.64. The maximum atomic E-state index is 5.57. The molecule has 0 saturated heterocycles. The van der Waals surface area contributed by atoms with Crippen molar-refractivity contribution >= 4 is 0 Å². The second kappa shape index (κ2) is 4.99. The topological polar surface area (TPSA) is 53.1 Å². The highest BCUT2D eigenvalue weighted by molar-refractivity contribution is 5.03. The molecular formula is C9H17N3O.